The Balaban J connectivity index is 2.56. The van der Waals surface area contributed by atoms with Gasteiger partial charge in [-0.1, -0.05) is 0 Å². The number of hydrogen-bond acceptors (Lipinski definition) is 3. The molecular formula is C10H18O3. The van der Waals surface area contributed by atoms with E-state index in [2.05, 4.69) is 0 Å². The van der Waals surface area contributed by atoms with Gasteiger partial charge in [0.15, 0.2) is 0 Å². The van der Waals surface area contributed by atoms with Crippen molar-refractivity contribution in [1.82, 2.24) is 0 Å². The second kappa shape index (κ2) is 4.72. The maximum absolute atomic E-state index is 10.5. The van der Waals surface area contributed by atoms with Crippen LogP contribution in [0.2, 0.25) is 0 Å². The minimum atomic E-state index is -0.286. The zero-order valence-electron chi connectivity index (χ0n) is 8.41. The number of aldehydes is 1. The molecule has 0 saturated carbocycles. The summed E-state index contributed by atoms with van der Waals surface area (Å²) in [5, 5.41) is 0. The fourth-order valence-corrected chi connectivity index (χ4v) is 1.89. The number of methoxy groups -OCH3 is 1. The van der Waals surface area contributed by atoms with Crippen molar-refractivity contribution in [3.05, 3.63) is 0 Å². The summed E-state index contributed by atoms with van der Waals surface area (Å²) < 4.78 is 10.7. The van der Waals surface area contributed by atoms with E-state index in [1.165, 1.54) is 0 Å². The fraction of sp³-hybridized carbons (Fsp3) is 0.900. The van der Waals surface area contributed by atoms with Gasteiger partial charge in [-0.25, -0.2) is 0 Å². The normalized spacial score (nSPS) is 23.8. The monoisotopic (exact) mass is 186 g/mol. The van der Waals surface area contributed by atoms with Crippen LogP contribution in [0, 0.1) is 5.92 Å². The van der Waals surface area contributed by atoms with Crippen LogP contribution in [0.1, 0.15) is 26.2 Å². The van der Waals surface area contributed by atoms with E-state index in [-0.39, 0.29) is 5.60 Å². The Labute approximate surface area is 79.4 Å². The molecule has 0 aromatic carbocycles. The Morgan fingerprint density at radius 3 is 2.62 bits per heavy atom. The zero-order valence-corrected chi connectivity index (χ0v) is 8.41. The lowest BCUT2D eigenvalue weighted by Crippen LogP contribution is -2.40. The lowest BCUT2D eigenvalue weighted by atomic mass is 9.81. The Kier molecular flexibility index (Phi) is 3.88. The molecule has 0 N–H and O–H groups in total. The van der Waals surface area contributed by atoms with Gasteiger partial charge in [0.25, 0.3) is 0 Å². The number of carbonyl (C=O) groups excluding carboxylic acids is 1. The molecule has 1 saturated heterocycles. The topological polar surface area (TPSA) is 35.5 Å². The van der Waals surface area contributed by atoms with Crippen molar-refractivity contribution in [3.8, 4) is 0 Å². The predicted octanol–water partition coefficient (Wildman–Crippen LogP) is 1.41. The summed E-state index contributed by atoms with van der Waals surface area (Å²) in [5.41, 5.74) is -0.286. The van der Waals surface area contributed by atoms with E-state index in [9.17, 15) is 4.79 Å². The minimum absolute atomic E-state index is 0.286. The van der Waals surface area contributed by atoms with Gasteiger partial charge >= 0.3 is 0 Å². The van der Waals surface area contributed by atoms with Gasteiger partial charge in [0.2, 0.25) is 0 Å². The smallest absolute Gasteiger partial charge is 0.122 e. The van der Waals surface area contributed by atoms with Crippen LogP contribution in [0.3, 0.4) is 0 Å². The molecular weight excluding hydrogens is 168 g/mol. The van der Waals surface area contributed by atoms with Gasteiger partial charge in [-0.2, -0.15) is 0 Å². The van der Waals surface area contributed by atoms with Gasteiger partial charge < -0.3 is 14.3 Å². The van der Waals surface area contributed by atoms with Crippen molar-refractivity contribution < 1.29 is 14.3 Å². The Morgan fingerprint density at radius 1 is 1.54 bits per heavy atom. The molecule has 1 aliphatic heterocycles. The molecule has 0 radical (unpaired) electrons. The Bertz CT molecular complexity index is 164. The van der Waals surface area contributed by atoms with Crippen molar-refractivity contribution in [3.63, 3.8) is 0 Å². The highest BCUT2D eigenvalue weighted by Crippen LogP contribution is 2.31. The molecule has 0 bridgehead atoms. The van der Waals surface area contributed by atoms with Crippen LogP contribution in [-0.4, -0.2) is 32.2 Å². The molecule has 0 aromatic heterocycles. The molecule has 0 amide bonds. The quantitative estimate of drug-likeness (QED) is 0.623. The third kappa shape index (κ3) is 2.51. The summed E-state index contributed by atoms with van der Waals surface area (Å²) in [6.45, 7) is 3.60. The average Bonchev–Trinajstić information content (AvgIpc) is 2.19. The molecule has 3 nitrogen and oxygen atoms in total. The lowest BCUT2D eigenvalue weighted by Gasteiger charge is -2.37. The zero-order chi connectivity index (χ0) is 9.73. The van der Waals surface area contributed by atoms with E-state index in [0.29, 0.717) is 12.3 Å². The molecule has 0 spiro atoms. The summed E-state index contributed by atoms with van der Waals surface area (Å²) in [5.74, 6) is 0.455. The number of ether oxygens (including phenoxy) is 2. The highest BCUT2D eigenvalue weighted by atomic mass is 16.5. The molecule has 1 unspecified atom stereocenters. The minimum Gasteiger partial charge on any atom is -0.381 e. The van der Waals surface area contributed by atoms with Crippen LogP contribution < -0.4 is 0 Å². The van der Waals surface area contributed by atoms with E-state index in [0.717, 1.165) is 32.3 Å². The van der Waals surface area contributed by atoms with Crippen LogP contribution >= 0.6 is 0 Å². The van der Waals surface area contributed by atoms with Crippen molar-refractivity contribution in [2.24, 2.45) is 5.92 Å². The highest BCUT2D eigenvalue weighted by molar-refractivity contribution is 5.51. The van der Waals surface area contributed by atoms with Crippen LogP contribution in [-0.2, 0) is 14.3 Å². The van der Waals surface area contributed by atoms with Crippen molar-refractivity contribution in [2.45, 2.75) is 31.8 Å². The van der Waals surface area contributed by atoms with E-state index in [4.69, 9.17) is 9.47 Å². The van der Waals surface area contributed by atoms with Crippen LogP contribution in [0.15, 0.2) is 0 Å². The molecule has 1 fully saturated rings. The summed E-state index contributed by atoms with van der Waals surface area (Å²) in [6.07, 6.45) is 3.42. The van der Waals surface area contributed by atoms with Crippen molar-refractivity contribution in [2.75, 3.05) is 20.3 Å². The molecule has 1 atom stereocenters. The van der Waals surface area contributed by atoms with E-state index in [1.54, 1.807) is 7.11 Å². The van der Waals surface area contributed by atoms with Gasteiger partial charge in [-0.05, 0) is 25.7 Å². The first kappa shape index (κ1) is 10.7. The summed E-state index contributed by atoms with van der Waals surface area (Å²) in [7, 11) is 1.68. The average molecular weight is 186 g/mol. The van der Waals surface area contributed by atoms with E-state index >= 15 is 0 Å². The second-order valence-corrected chi connectivity index (χ2v) is 3.77. The number of hydrogen-bond donors (Lipinski definition) is 0. The molecule has 1 rings (SSSR count). The molecule has 0 aliphatic carbocycles. The lowest BCUT2D eigenvalue weighted by molar-refractivity contribution is -0.121. The third-order valence-electron chi connectivity index (χ3n) is 3.04. The predicted molar refractivity (Wildman–Crippen MR) is 49.6 cm³/mol. The molecule has 76 valence electrons. The van der Waals surface area contributed by atoms with Crippen LogP contribution in [0.5, 0.6) is 0 Å². The van der Waals surface area contributed by atoms with E-state index < -0.39 is 0 Å². The maximum Gasteiger partial charge on any atom is 0.122 e. The van der Waals surface area contributed by atoms with Crippen molar-refractivity contribution >= 4 is 6.29 Å². The van der Waals surface area contributed by atoms with Gasteiger partial charge in [0, 0.05) is 26.7 Å². The fourth-order valence-electron chi connectivity index (χ4n) is 1.89. The van der Waals surface area contributed by atoms with Gasteiger partial charge in [0.1, 0.15) is 6.29 Å². The maximum atomic E-state index is 10.5. The molecule has 13 heavy (non-hydrogen) atoms. The van der Waals surface area contributed by atoms with Crippen molar-refractivity contribution in [1.29, 1.82) is 0 Å². The van der Waals surface area contributed by atoms with Gasteiger partial charge in [-0.15, -0.1) is 0 Å². The summed E-state index contributed by atoms with van der Waals surface area (Å²) >= 11 is 0. The third-order valence-corrected chi connectivity index (χ3v) is 3.04. The molecule has 1 heterocycles. The molecule has 0 aromatic rings. The van der Waals surface area contributed by atoms with E-state index in [1.807, 2.05) is 6.92 Å². The largest absolute Gasteiger partial charge is 0.381 e. The highest BCUT2D eigenvalue weighted by Gasteiger charge is 2.34. The SMILES string of the molecule is COC(C)(CC=O)C1CCOCC1. The summed E-state index contributed by atoms with van der Waals surface area (Å²) in [4.78, 5) is 10.5. The number of rotatable bonds is 4. The molecule has 3 heteroatoms. The molecule has 1 aliphatic rings. The first-order valence-electron chi connectivity index (χ1n) is 4.79. The second-order valence-electron chi connectivity index (χ2n) is 3.77. The Morgan fingerprint density at radius 2 is 2.15 bits per heavy atom. The van der Waals surface area contributed by atoms with Crippen LogP contribution in [0.4, 0.5) is 0 Å². The Hall–Kier alpha value is -0.410. The van der Waals surface area contributed by atoms with Crippen LogP contribution in [0.25, 0.3) is 0 Å². The summed E-state index contributed by atoms with van der Waals surface area (Å²) in [6, 6.07) is 0. The number of carbonyl (C=O) groups is 1. The van der Waals surface area contributed by atoms with Gasteiger partial charge in [0.05, 0.1) is 5.60 Å². The standard InChI is InChI=1S/C10H18O3/c1-10(12-2,5-6-11)9-3-7-13-8-4-9/h6,9H,3-5,7-8H2,1-2H3. The first-order chi connectivity index (χ1) is 6.23. The van der Waals surface area contributed by atoms with Gasteiger partial charge in [-0.3, -0.25) is 0 Å². The first-order valence-corrected chi connectivity index (χ1v) is 4.79.